The van der Waals surface area contributed by atoms with Gasteiger partial charge in [-0.05, 0) is 70.6 Å². The maximum absolute atomic E-state index is 12.9. The van der Waals surface area contributed by atoms with E-state index in [-0.39, 0.29) is 32.0 Å². The zero-order valence-corrected chi connectivity index (χ0v) is 63.2. The largest absolute Gasteiger partial charge is 0.756 e. The highest BCUT2D eigenvalue weighted by Crippen LogP contribution is 2.38. The highest BCUT2D eigenvalue weighted by atomic mass is 31.2. The van der Waals surface area contributed by atoms with Crippen LogP contribution in [0.5, 0.6) is 0 Å². The van der Waals surface area contributed by atoms with E-state index in [0.29, 0.717) is 17.4 Å². The van der Waals surface area contributed by atoms with E-state index in [1.807, 2.05) is 21.1 Å². The molecule has 2 atom stereocenters. The van der Waals surface area contributed by atoms with Crippen molar-refractivity contribution >= 4 is 19.8 Å². The highest BCUT2D eigenvalue weighted by molar-refractivity contribution is 7.45. The lowest BCUT2D eigenvalue weighted by molar-refractivity contribution is -0.870. The molecule has 0 aromatic carbocycles. The second kappa shape index (κ2) is 73.5. The second-order valence-electron chi connectivity index (χ2n) is 29.1. The number of rotatable bonds is 77. The van der Waals surface area contributed by atoms with E-state index in [4.69, 9.17) is 18.5 Å². The molecular weight excluding hydrogens is 1160 g/mol. The average molecular weight is 1320 g/mol. The molecule has 0 aliphatic heterocycles. The van der Waals surface area contributed by atoms with Crippen LogP contribution in [0.1, 0.15) is 425 Å². The van der Waals surface area contributed by atoms with Crippen molar-refractivity contribution in [2.24, 2.45) is 0 Å². The van der Waals surface area contributed by atoms with E-state index in [1.165, 1.54) is 353 Å². The van der Waals surface area contributed by atoms with Crippen LogP contribution < -0.4 is 4.89 Å². The van der Waals surface area contributed by atoms with E-state index >= 15 is 0 Å². The molecule has 10 heteroatoms. The fourth-order valence-electron chi connectivity index (χ4n) is 12.4. The zero-order valence-electron chi connectivity index (χ0n) is 62.3. The third-order valence-electron chi connectivity index (χ3n) is 18.6. The first-order valence-electron chi connectivity index (χ1n) is 40.7. The van der Waals surface area contributed by atoms with Crippen LogP contribution in [-0.2, 0) is 32.7 Å². The van der Waals surface area contributed by atoms with Gasteiger partial charge in [-0.15, -0.1) is 0 Å². The molecule has 0 radical (unpaired) electrons. The van der Waals surface area contributed by atoms with Gasteiger partial charge >= 0.3 is 11.9 Å². The molecule has 0 saturated heterocycles. The van der Waals surface area contributed by atoms with Crippen molar-refractivity contribution in [1.82, 2.24) is 0 Å². The Morgan fingerprint density at radius 2 is 0.587 bits per heavy atom. The number of esters is 2. The Balaban J connectivity index is 3.88. The maximum atomic E-state index is 12.9. The molecule has 0 bridgehead atoms. The van der Waals surface area contributed by atoms with Crippen molar-refractivity contribution in [3.05, 3.63) is 36.5 Å². The lowest BCUT2D eigenvalue weighted by Crippen LogP contribution is -2.37. The Hall–Kier alpha value is -1.77. The van der Waals surface area contributed by atoms with Gasteiger partial charge in [0.15, 0.2) is 6.10 Å². The summed E-state index contributed by atoms with van der Waals surface area (Å²) in [5, 5.41) is 0. The standard InChI is InChI=1S/C82H158NO8P/c1-6-8-10-12-14-16-18-20-22-24-26-28-30-32-34-36-37-38-39-40-41-42-43-44-45-47-48-50-52-54-56-58-60-62-64-66-68-70-72-74-81(84)88-78-80(79-90-92(86,87)89-77-76-83(3,4)5)91-82(85)75-73-71-69-67-65-63-61-59-57-55-53-51-49-46-35-33-31-29-27-25-23-21-19-17-15-13-11-9-7-2/h19,21,24-27,80H,6-18,20,22-23,28-79H2,1-5H3/b21-19-,26-24-,27-25-. The minimum absolute atomic E-state index is 0.0275. The highest BCUT2D eigenvalue weighted by Gasteiger charge is 2.22. The van der Waals surface area contributed by atoms with Crippen LogP contribution in [0.15, 0.2) is 36.5 Å². The third kappa shape index (κ3) is 77.2. The van der Waals surface area contributed by atoms with E-state index in [1.54, 1.807) is 0 Å². The number of hydrogen-bond acceptors (Lipinski definition) is 8. The van der Waals surface area contributed by atoms with E-state index in [2.05, 4.69) is 50.3 Å². The number of phosphoric ester groups is 1. The van der Waals surface area contributed by atoms with Crippen molar-refractivity contribution in [2.45, 2.75) is 431 Å². The van der Waals surface area contributed by atoms with Crippen molar-refractivity contribution in [3.63, 3.8) is 0 Å². The molecule has 0 aromatic heterocycles. The number of carbonyl (C=O) groups excluding carboxylic acids is 2. The summed E-state index contributed by atoms with van der Waals surface area (Å²) in [6.07, 6.45) is 95.7. The van der Waals surface area contributed by atoms with Crippen LogP contribution >= 0.6 is 7.82 Å². The van der Waals surface area contributed by atoms with Gasteiger partial charge in [-0.1, -0.05) is 378 Å². The van der Waals surface area contributed by atoms with E-state index < -0.39 is 26.5 Å². The molecule has 0 heterocycles. The molecule has 9 nitrogen and oxygen atoms in total. The number of unbranched alkanes of at least 4 members (excludes halogenated alkanes) is 57. The summed E-state index contributed by atoms with van der Waals surface area (Å²) in [7, 11) is 1.19. The summed E-state index contributed by atoms with van der Waals surface area (Å²) >= 11 is 0. The number of nitrogens with zero attached hydrogens (tertiary/aromatic N) is 1. The fraction of sp³-hybridized carbons (Fsp3) is 0.902. The predicted octanol–water partition coefficient (Wildman–Crippen LogP) is 26.3. The van der Waals surface area contributed by atoms with Crippen LogP contribution in [0.4, 0.5) is 0 Å². The van der Waals surface area contributed by atoms with Gasteiger partial charge in [0.05, 0.1) is 27.7 Å². The van der Waals surface area contributed by atoms with Crippen molar-refractivity contribution in [2.75, 3.05) is 47.5 Å². The zero-order chi connectivity index (χ0) is 66.9. The lowest BCUT2D eigenvalue weighted by atomic mass is 10.0. The van der Waals surface area contributed by atoms with Gasteiger partial charge in [-0.2, -0.15) is 0 Å². The minimum atomic E-state index is -4.64. The normalized spacial score (nSPS) is 13.2. The molecule has 0 spiro atoms. The van der Waals surface area contributed by atoms with Gasteiger partial charge in [0, 0.05) is 12.8 Å². The first-order valence-corrected chi connectivity index (χ1v) is 42.2. The SMILES string of the molecule is CCCCCCC/C=C\C/C=C\CCCCCCCCCCCCCCCCCCCC(=O)OC(COC(=O)CCCCCCCCCCCCCCCCCCCCCCCCCCCCC/C=C\CCCCCCCCCC)COP(=O)([O-])OCC[N+](C)(C)C. The van der Waals surface area contributed by atoms with Crippen molar-refractivity contribution < 1.29 is 42.1 Å². The second-order valence-corrected chi connectivity index (χ2v) is 30.5. The number of quaternary nitrogens is 1. The number of likely N-dealkylation sites (N-methyl/N-ethyl adjacent to an activating group) is 1. The molecule has 0 fully saturated rings. The van der Waals surface area contributed by atoms with E-state index in [0.717, 1.165) is 38.5 Å². The monoisotopic (exact) mass is 1320 g/mol. The first-order chi connectivity index (χ1) is 45.0. The summed E-state index contributed by atoms with van der Waals surface area (Å²) in [5.41, 5.74) is 0. The van der Waals surface area contributed by atoms with Gasteiger partial charge < -0.3 is 27.9 Å². The van der Waals surface area contributed by atoms with Crippen LogP contribution in [0.25, 0.3) is 0 Å². The summed E-state index contributed by atoms with van der Waals surface area (Å²) in [6, 6.07) is 0. The van der Waals surface area contributed by atoms with Crippen LogP contribution in [-0.4, -0.2) is 70.0 Å². The molecule has 0 rings (SSSR count). The summed E-state index contributed by atoms with van der Waals surface area (Å²) in [4.78, 5) is 38.2. The Morgan fingerprint density at radius 3 is 0.870 bits per heavy atom. The van der Waals surface area contributed by atoms with Gasteiger partial charge in [-0.3, -0.25) is 14.2 Å². The summed E-state index contributed by atoms with van der Waals surface area (Å²) in [5.74, 6) is -0.808. The van der Waals surface area contributed by atoms with Crippen LogP contribution in [0, 0.1) is 0 Å². The average Bonchev–Trinajstić information content (AvgIpc) is 2.14. The molecule has 92 heavy (non-hydrogen) atoms. The Labute approximate surface area is 573 Å². The van der Waals surface area contributed by atoms with Crippen molar-refractivity contribution in [3.8, 4) is 0 Å². The van der Waals surface area contributed by atoms with Gasteiger partial charge in [0.1, 0.15) is 19.8 Å². The topological polar surface area (TPSA) is 111 Å². The van der Waals surface area contributed by atoms with Crippen molar-refractivity contribution in [1.29, 1.82) is 0 Å². The third-order valence-corrected chi connectivity index (χ3v) is 19.6. The molecular formula is C82H158NO8P. The Bertz CT molecular complexity index is 1640. The Morgan fingerprint density at radius 1 is 0.337 bits per heavy atom. The molecule has 0 aliphatic rings. The summed E-state index contributed by atoms with van der Waals surface area (Å²) in [6.45, 7) is 4.31. The van der Waals surface area contributed by atoms with Gasteiger partial charge in [0.25, 0.3) is 7.82 Å². The Kier molecular flexibility index (Phi) is 72.1. The van der Waals surface area contributed by atoms with Crippen LogP contribution in [0.3, 0.4) is 0 Å². The first kappa shape index (κ1) is 90.2. The molecule has 544 valence electrons. The number of carbonyl (C=O) groups is 2. The lowest BCUT2D eigenvalue weighted by Gasteiger charge is -2.28. The summed E-state index contributed by atoms with van der Waals surface area (Å²) < 4.78 is 34.4. The predicted molar refractivity (Wildman–Crippen MR) is 398 cm³/mol. The fourth-order valence-corrected chi connectivity index (χ4v) is 13.1. The smallest absolute Gasteiger partial charge is 0.306 e. The van der Waals surface area contributed by atoms with E-state index in [9.17, 15) is 19.0 Å². The molecule has 0 N–H and O–H groups in total. The molecule has 2 unspecified atom stereocenters. The minimum Gasteiger partial charge on any atom is -0.756 e. The van der Waals surface area contributed by atoms with Gasteiger partial charge in [0.2, 0.25) is 0 Å². The number of allylic oxidation sites excluding steroid dienone is 6. The molecule has 0 aliphatic carbocycles. The molecule has 0 saturated carbocycles. The quantitative estimate of drug-likeness (QED) is 0.0195. The molecule has 0 amide bonds. The number of ether oxygens (including phenoxy) is 2. The maximum Gasteiger partial charge on any atom is 0.306 e. The van der Waals surface area contributed by atoms with Gasteiger partial charge in [-0.25, -0.2) is 0 Å². The number of hydrogen-bond donors (Lipinski definition) is 0. The van der Waals surface area contributed by atoms with Crippen LogP contribution in [0.2, 0.25) is 0 Å². The number of phosphoric acid groups is 1. The molecule has 0 aromatic rings.